The van der Waals surface area contributed by atoms with Crippen molar-refractivity contribution in [1.29, 1.82) is 0 Å². The van der Waals surface area contributed by atoms with Crippen molar-refractivity contribution in [2.45, 2.75) is 13.3 Å². The van der Waals surface area contributed by atoms with Crippen molar-refractivity contribution >= 4 is 15.9 Å². The van der Waals surface area contributed by atoms with Gasteiger partial charge in [0.15, 0.2) is 0 Å². The van der Waals surface area contributed by atoms with Crippen LogP contribution in [0.3, 0.4) is 0 Å². The number of rotatable bonds is 9. The van der Waals surface area contributed by atoms with E-state index in [2.05, 4.69) is 16.0 Å². The zero-order valence-corrected chi connectivity index (χ0v) is 13.8. The normalized spacial score (nSPS) is 12.2. The Balaban J connectivity index is 2.41. The fourth-order valence-corrected chi connectivity index (χ4v) is 2.43. The lowest BCUT2D eigenvalue weighted by atomic mass is 10.2. The molecule has 0 saturated heterocycles. The van der Waals surface area contributed by atoms with E-state index in [1.807, 2.05) is 19.1 Å². The summed E-state index contributed by atoms with van der Waals surface area (Å²) in [5, 5.41) is 0. The first-order valence-corrected chi connectivity index (χ1v) is 9.06. The molecule has 0 amide bonds. The summed E-state index contributed by atoms with van der Waals surface area (Å²) in [6, 6.07) is 1.92. The molecule has 118 valence electrons. The van der Waals surface area contributed by atoms with Gasteiger partial charge in [0.05, 0.1) is 19.1 Å². The molecule has 1 aromatic rings. The van der Waals surface area contributed by atoms with Crippen LogP contribution in [0.25, 0.3) is 6.08 Å². The summed E-state index contributed by atoms with van der Waals surface area (Å²) in [6.45, 7) is 4.33. The van der Waals surface area contributed by atoms with E-state index in [1.165, 1.54) is 6.26 Å². The van der Waals surface area contributed by atoms with E-state index in [-0.39, 0.29) is 5.75 Å². The fraction of sp³-hybridized carbons (Fsp3) is 0.533. The highest BCUT2D eigenvalue weighted by Crippen LogP contribution is 2.11. The lowest BCUT2D eigenvalue weighted by Crippen LogP contribution is -2.29. The van der Waals surface area contributed by atoms with Gasteiger partial charge in [0.25, 0.3) is 0 Å². The quantitative estimate of drug-likeness (QED) is 0.696. The van der Waals surface area contributed by atoms with Crippen molar-refractivity contribution in [2.24, 2.45) is 0 Å². The van der Waals surface area contributed by atoms with E-state index < -0.39 is 9.84 Å². The Bertz CT molecular complexity index is 556. The highest BCUT2D eigenvalue weighted by Gasteiger charge is 2.06. The van der Waals surface area contributed by atoms with Crippen LogP contribution in [0.15, 0.2) is 24.5 Å². The van der Waals surface area contributed by atoms with Gasteiger partial charge in [0, 0.05) is 25.5 Å². The van der Waals surface area contributed by atoms with E-state index in [4.69, 9.17) is 4.74 Å². The maximum atomic E-state index is 11.2. The molecule has 0 aliphatic rings. The number of hydrogen-bond acceptors (Lipinski definition) is 5. The van der Waals surface area contributed by atoms with Gasteiger partial charge in [-0.25, -0.2) is 8.42 Å². The third-order valence-corrected chi connectivity index (χ3v) is 4.04. The maximum absolute atomic E-state index is 11.2. The van der Waals surface area contributed by atoms with E-state index in [1.54, 1.807) is 19.5 Å². The average Bonchev–Trinajstić information content (AvgIpc) is 2.45. The number of nitrogens with zero attached hydrogens (tertiary/aromatic N) is 2. The Morgan fingerprint density at radius 2 is 2.10 bits per heavy atom. The second-order valence-electron chi connectivity index (χ2n) is 4.91. The van der Waals surface area contributed by atoms with Crippen LogP contribution < -0.4 is 4.74 Å². The van der Waals surface area contributed by atoms with Crippen LogP contribution in [0.1, 0.15) is 18.9 Å². The minimum absolute atomic E-state index is 0.213. The van der Waals surface area contributed by atoms with Gasteiger partial charge >= 0.3 is 0 Å². The first kappa shape index (κ1) is 17.7. The summed E-state index contributed by atoms with van der Waals surface area (Å²) in [4.78, 5) is 6.22. The molecule has 0 unspecified atom stereocenters. The second kappa shape index (κ2) is 8.79. The van der Waals surface area contributed by atoms with Gasteiger partial charge in [-0.05, 0) is 24.6 Å². The number of hydrogen-bond donors (Lipinski definition) is 0. The van der Waals surface area contributed by atoms with Crippen LogP contribution in [0, 0.1) is 0 Å². The van der Waals surface area contributed by atoms with Crippen LogP contribution in [-0.2, 0) is 9.84 Å². The highest BCUT2D eigenvalue weighted by atomic mass is 32.2. The second-order valence-corrected chi connectivity index (χ2v) is 7.17. The van der Waals surface area contributed by atoms with Crippen molar-refractivity contribution in [1.82, 2.24) is 9.88 Å². The van der Waals surface area contributed by atoms with Gasteiger partial charge < -0.3 is 9.64 Å². The molecule has 0 fully saturated rings. The maximum Gasteiger partial charge on any atom is 0.148 e. The molecule has 0 N–H and O–H groups in total. The topological polar surface area (TPSA) is 59.5 Å². The smallest absolute Gasteiger partial charge is 0.148 e. The Morgan fingerprint density at radius 1 is 1.33 bits per heavy atom. The van der Waals surface area contributed by atoms with Crippen molar-refractivity contribution < 1.29 is 13.2 Å². The van der Waals surface area contributed by atoms with Crippen molar-refractivity contribution in [3.63, 3.8) is 0 Å². The summed E-state index contributed by atoms with van der Waals surface area (Å²) in [7, 11) is -1.28. The Hall–Kier alpha value is -1.40. The molecule has 5 nitrogen and oxygen atoms in total. The SMILES string of the molecule is CCN(CCC=Cc1cncc(OC)c1)CCS(C)(=O)=O. The van der Waals surface area contributed by atoms with Crippen LogP contribution in [0.5, 0.6) is 5.75 Å². The molecule has 1 aromatic heterocycles. The van der Waals surface area contributed by atoms with Gasteiger partial charge in [0.2, 0.25) is 0 Å². The van der Waals surface area contributed by atoms with E-state index in [0.717, 1.165) is 30.8 Å². The van der Waals surface area contributed by atoms with E-state index in [9.17, 15) is 8.42 Å². The molecule has 1 heterocycles. The Labute approximate surface area is 127 Å². The molecule has 0 bridgehead atoms. The molecular formula is C15H24N2O3S. The third-order valence-electron chi connectivity index (χ3n) is 3.12. The summed E-state index contributed by atoms with van der Waals surface area (Å²) < 4.78 is 27.5. The standard InChI is InChI=1S/C15H24N2O3S/c1-4-17(9-10-21(3,18)19)8-6-5-7-14-11-15(20-2)13-16-12-14/h5,7,11-13H,4,6,8-10H2,1-3H3. The summed E-state index contributed by atoms with van der Waals surface area (Å²) >= 11 is 0. The molecule has 0 aliphatic carbocycles. The fourth-order valence-electron chi connectivity index (χ4n) is 1.84. The van der Waals surface area contributed by atoms with Crippen molar-refractivity contribution in [3.05, 3.63) is 30.1 Å². The van der Waals surface area contributed by atoms with Crippen LogP contribution in [0.4, 0.5) is 0 Å². The van der Waals surface area contributed by atoms with Crippen LogP contribution in [-0.4, -0.2) is 57.1 Å². The van der Waals surface area contributed by atoms with E-state index >= 15 is 0 Å². The summed E-state index contributed by atoms with van der Waals surface area (Å²) in [5.74, 6) is 0.949. The molecular weight excluding hydrogens is 288 g/mol. The van der Waals surface area contributed by atoms with Crippen molar-refractivity contribution in [2.75, 3.05) is 38.8 Å². The molecule has 0 aliphatic heterocycles. The predicted molar refractivity (Wildman–Crippen MR) is 86.3 cm³/mol. The monoisotopic (exact) mass is 312 g/mol. The predicted octanol–water partition coefficient (Wildman–Crippen LogP) is 1.86. The number of pyridine rings is 1. The average molecular weight is 312 g/mol. The number of methoxy groups -OCH3 is 1. The molecule has 0 atom stereocenters. The minimum Gasteiger partial charge on any atom is -0.495 e. The Morgan fingerprint density at radius 3 is 2.71 bits per heavy atom. The number of sulfone groups is 1. The highest BCUT2D eigenvalue weighted by molar-refractivity contribution is 7.90. The molecule has 6 heteroatoms. The van der Waals surface area contributed by atoms with Crippen LogP contribution >= 0.6 is 0 Å². The molecule has 0 radical (unpaired) electrons. The minimum atomic E-state index is -2.89. The summed E-state index contributed by atoms with van der Waals surface area (Å²) in [5.41, 5.74) is 0.994. The van der Waals surface area contributed by atoms with Crippen LogP contribution in [0.2, 0.25) is 0 Å². The first-order valence-electron chi connectivity index (χ1n) is 7.00. The first-order chi connectivity index (χ1) is 9.94. The van der Waals surface area contributed by atoms with Gasteiger partial charge in [-0.3, -0.25) is 4.98 Å². The zero-order chi connectivity index (χ0) is 15.7. The number of aromatic nitrogens is 1. The van der Waals surface area contributed by atoms with Gasteiger partial charge in [-0.15, -0.1) is 0 Å². The number of ether oxygens (including phenoxy) is 1. The van der Waals surface area contributed by atoms with E-state index in [0.29, 0.717) is 6.54 Å². The van der Waals surface area contributed by atoms with Gasteiger partial charge in [-0.1, -0.05) is 19.1 Å². The zero-order valence-electron chi connectivity index (χ0n) is 12.9. The third kappa shape index (κ3) is 7.82. The van der Waals surface area contributed by atoms with Crippen molar-refractivity contribution in [3.8, 4) is 5.75 Å². The summed E-state index contributed by atoms with van der Waals surface area (Å²) in [6.07, 6.45) is 9.66. The molecule has 21 heavy (non-hydrogen) atoms. The van der Waals surface area contributed by atoms with Gasteiger partial charge in [0.1, 0.15) is 15.6 Å². The largest absolute Gasteiger partial charge is 0.495 e. The molecule has 0 aromatic carbocycles. The molecule has 0 spiro atoms. The molecule has 0 saturated carbocycles. The lowest BCUT2D eigenvalue weighted by molar-refractivity contribution is 0.311. The lowest BCUT2D eigenvalue weighted by Gasteiger charge is -2.18. The molecule has 1 rings (SSSR count). The van der Waals surface area contributed by atoms with Gasteiger partial charge in [-0.2, -0.15) is 0 Å². The Kier molecular flexibility index (Phi) is 7.39.